The lowest BCUT2D eigenvalue weighted by Crippen LogP contribution is -2.24. The van der Waals surface area contributed by atoms with Gasteiger partial charge in [-0.3, -0.25) is 0 Å². The lowest BCUT2D eigenvalue weighted by atomic mass is 9.92. The Labute approximate surface area is 177 Å². The molecule has 0 saturated carbocycles. The molecule has 4 rings (SSSR count). The molecule has 0 amide bonds. The maximum atomic E-state index is 12.9. The fourth-order valence-electron chi connectivity index (χ4n) is 3.42. The first-order valence-corrected chi connectivity index (χ1v) is 11.5. The average Bonchev–Trinajstić information content (AvgIpc) is 3.20. The van der Waals surface area contributed by atoms with Crippen molar-refractivity contribution in [2.45, 2.75) is 37.1 Å². The van der Waals surface area contributed by atoms with Gasteiger partial charge >= 0.3 is 0 Å². The predicted octanol–water partition coefficient (Wildman–Crippen LogP) is 3.87. The highest BCUT2D eigenvalue weighted by molar-refractivity contribution is 9.10. The SMILES string of the molecule is COc1cc2c(cc1S(=O)(=O)NCc1nc(-c3cccc(Br)c3)no1)CCCC2. The van der Waals surface area contributed by atoms with E-state index < -0.39 is 10.0 Å². The summed E-state index contributed by atoms with van der Waals surface area (Å²) in [7, 11) is -2.33. The fourth-order valence-corrected chi connectivity index (χ4v) is 4.99. The van der Waals surface area contributed by atoms with E-state index in [0.717, 1.165) is 46.8 Å². The van der Waals surface area contributed by atoms with Crippen LogP contribution in [0, 0.1) is 0 Å². The first kappa shape index (κ1) is 20.1. The van der Waals surface area contributed by atoms with E-state index in [0.29, 0.717) is 11.6 Å². The zero-order valence-corrected chi connectivity index (χ0v) is 18.2. The van der Waals surface area contributed by atoms with E-state index in [2.05, 4.69) is 30.8 Å². The summed E-state index contributed by atoms with van der Waals surface area (Å²) in [4.78, 5) is 4.41. The third-order valence-corrected chi connectivity index (χ3v) is 6.80. The van der Waals surface area contributed by atoms with Crippen LogP contribution in [0.25, 0.3) is 11.4 Å². The minimum atomic E-state index is -3.81. The number of methoxy groups -OCH3 is 1. The van der Waals surface area contributed by atoms with Crippen LogP contribution in [0.4, 0.5) is 0 Å². The maximum Gasteiger partial charge on any atom is 0.244 e. The van der Waals surface area contributed by atoms with Crippen molar-refractivity contribution in [2.24, 2.45) is 0 Å². The topological polar surface area (TPSA) is 94.3 Å². The number of hydrogen-bond acceptors (Lipinski definition) is 6. The molecular formula is C20H20BrN3O4S. The van der Waals surface area contributed by atoms with Gasteiger partial charge in [-0.25, -0.2) is 13.1 Å². The molecule has 0 bridgehead atoms. The molecule has 29 heavy (non-hydrogen) atoms. The van der Waals surface area contributed by atoms with Gasteiger partial charge in [-0.1, -0.05) is 33.2 Å². The Morgan fingerprint density at radius 1 is 1.17 bits per heavy atom. The Kier molecular flexibility index (Phi) is 5.71. The van der Waals surface area contributed by atoms with Gasteiger partial charge < -0.3 is 9.26 Å². The molecular weight excluding hydrogens is 458 g/mol. The molecule has 0 radical (unpaired) electrons. The number of ether oxygens (including phenoxy) is 1. The minimum Gasteiger partial charge on any atom is -0.495 e. The molecule has 0 saturated heterocycles. The van der Waals surface area contributed by atoms with Crippen LogP contribution < -0.4 is 9.46 Å². The molecule has 0 fully saturated rings. The van der Waals surface area contributed by atoms with Gasteiger partial charge in [0.1, 0.15) is 10.6 Å². The number of aryl methyl sites for hydroxylation is 2. The number of nitrogens with one attached hydrogen (secondary N) is 1. The van der Waals surface area contributed by atoms with Crippen molar-refractivity contribution in [1.29, 1.82) is 0 Å². The molecule has 2 aromatic carbocycles. The second kappa shape index (κ2) is 8.25. The molecule has 0 unspecified atom stereocenters. The van der Waals surface area contributed by atoms with Crippen LogP contribution in [0.2, 0.25) is 0 Å². The average molecular weight is 478 g/mol. The second-order valence-corrected chi connectivity index (χ2v) is 9.48. The van der Waals surface area contributed by atoms with Crippen molar-refractivity contribution in [1.82, 2.24) is 14.9 Å². The number of sulfonamides is 1. The zero-order chi connectivity index (χ0) is 20.4. The Balaban J connectivity index is 1.54. The molecule has 0 aliphatic heterocycles. The van der Waals surface area contributed by atoms with Crippen LogP contribution in [0.1, 0.15) is 29.9 Å². The van der Waals surface area contributed by atoms with Crippen LogP contribution in [0.3, 0.4) is 0 Å². The van der Waals surface area contributed by atoms with E-state index in [9.17, 15) is 8.42 Å². The molecule has 9 heteroatoms. The lowest BCUT2D eigenvalue weighted by molar-refractivity contribution is 0.375. The molecule has 1 aliphatic carbocycles. The van der Waals surface area contributed by atoms with Crippen molar-refractivity contribution in [3.8, 4) is 17.1 Å². The molecule has 0 spiro atoms. The van der Waals surface area contributed by atoms with Gasteiger partial charge in [0.2, 0.25) is 21.7 Å². The molecule has 152 valence electrons. The summed E-state index contributed by atoms with van der Waals surface area (Å²) in [5, 5.41) is 3.93. The van der Waals surface area contributed by atoms with Crippen LogP contribution in [0.5, 0.6) is 5.75 Å². The third kappa shape index (κ3) is 4.36. The molecule has 3 aromatic rings. The first-order chi connectivity index (χ1) is 14.0. The quantitative estimate of drug-likeness (QED) is 0.578. The number of hydrogen-bond donors (Lipinski definition) is 1. The van der Waals surface area contributed by atoms with Crippen molar-refractivity contribution >= 4 is 26.0 Å². The fraction of sp³-hybridized carbons (Fsp3) is 0.300. The van der Waals surface area contributed by atoms with Gasteiger partial charge in [0.25, 0.3) is 0 Å². The number of aromatic nitrogens is 2. The van der Waals surface area contributed by atoms with Crippen molar-refractivity contribution < 1.29 is 17.7 Å². The van der Waals surface area contributed by atoms with Crippen LogP contribution in [0.15, 0.2) is 50.3 Å². The minimum absolute atomic E-state index is 0.108. The van der Waals surface area contributed by atoms with E-state index >= 15 is 0 Å². The predicted molar refractivity (Wildman–Crippen MR) is 111 cm³/mol. The van der Waals surface area contributed by atoms with Gasteiger partial charge in [0, 0.05) is 10.0 Å². The highest BCUT2D eigenvalue weighted by Gasteiger charge is 2.24. The summed E-state index contributed by atoms with van der Waals surface area (Å²) >= 11 is 3.40. The Bertz CT molecular complexity index is 1140. The monoisotopic (exact) mass is 477 g/mol. The molecule has 7 nitrogen and oxygen atoms in total. The summed E-state index contributed by atoms with van der Waals surface area (Å²) in [5.74, 6) is 0.922. The summed E-state index contributed by atoms with van der Waals surface area (Å²) < 4.78 is 39.8. The van der Waals surface area contributed by atoms with Crippen molar-refractivity contribution in [2.75, 3.05) is 7.11 Å². The summed E-state index contributed by atoms with van der Waals surface area (Å²) in [6.07, 6.45) is 3.99. The van der Waals surface area contributed by atoms with Gasteiger partial charge in [0.05, 0.1) is 13.7 Å². The molecule has 1 aliphatic rings. The van der Waals surface area contributed by atoms with E-state index in [1.165, 1.54) is 7.11 Å². The van der Waals surface area contributed by atoms with E-state index in [4.69, 9.17) is 9.26 Å². The van der Waals surface area contributed by atoms with Crippen molar-refractivity contribution in [3.63, 3.8) is 0 Å². The smallest absolute Gasteiger partial charge is 0.244 e. The lowest BCUT2D eigenvalue weighted by Gasteiger charge is -2.19. The number of nitrogens with zero attached hydrogens (tertiary/aromatic N) is 2. The van der Waals surface area contributed by atoms with Gasteiger partial charge in [-0.15, -0.1) is 0 Å². The summed E-state index contributed by atoms with van der Waals surface area (Å²) in [6.45, 7) is -0.108. The standard InChI is InChI=1S/C20H20BrN3O4S/c1-27-17-10-13-5-2-3-6-14(13)11-18(17)29(25,26)22-12-19-23-20(24-28-19)15-7-4-8-16(21)9-15/h4,7-11,22H,2-3,5-6,12H2,1H3. The second-order valence-electron chi connectivity index (χ2n) is 6.83. The normalized spacial score (nSPS) is 13.9. The Morgan fingerprint density at radius 3 is 2.66 bits per heavy atom. The van der Waals surface area contributed by atoms with E-state index in [1.54, 1.807) is 6.07 Å². The summed E-state index contributed by atoms with van der Waals surface area (Å²) in [5.41, 5.74) is 2.99. The Morgan fingerprint density at radius 2 is 1.93 bits per heavy atom. The molecule has 1 N–H and O–H groups in total. The number of fused-ring (bicyclic) bond motifs is 1. The zero-order valence-electron chi connectivity index (χ0n) is 15.8. The van der Waals surface area contributed by atoms with Crippen LogP contribution in [-0.2, 0) is 29.4 Å². The largest absolute Gasteiger partial charge is 0.495 e. The van der Waals surface area contributed by atoms with Gasteiger partial charge in [-0.2, -0.15) is 4.98 Å². The molecule has 0 atom stereocenters. The Hall–Kier alpha value is -2.23. The molecule has 1 heterocycles. The summed E-state index contributed by atoms with van der Waals surface area (Å²) in [6, 6.07) is 11.0. The maximum absolute atomic E-state index is 12.9. The van der Waals surface area contributed by atoms with Gasteiger partial charge in [-0.05, 0) is 61.1 Å². The van der Waals surface area contributed by atoms with Gasteiger partial charge in [0.15, 0.2) is 0 Å². The van der Waals surface area contributed by atoms with E-state index in [1.807, 2.05) is 30.3 Å². The van der Waals surface area contributed by atoms with E-state index in [-0.39, 0.29) is 17.3 Å². The molecule has 1 aromatic heterocycles. The van der Waals surface area contributed by atoms with Crippen molar-refractivity contribution in [3.05, 3.63) is 57.9 Å². The number of rotatable bonds is 6. The number of benzene rings is 2. The number of halogens is 1. The first-order valence-electron chi connectivity index (χ1n) is 9.24. The highest BCUT2D eigenvalue weighted by atomic mass is 79.9. The highest BCUT2D eigenvalue weighted by Crippen LogP contribution is 2.32. The third-order valence-electron chi connectivity index (χ3n) is 4.88. The van der Waals surface area contributed by atoms with Crippen LogP contribution in [-0.4, -0.2) is 25.7 Å². The van der Waals surface area contributed by atoms with Crippen LogP contribution >= 0.6 is 15.9 Å².